The fraction of sp³-hybridized carbons (Fsp3) is 0.353. The van der Waals surface area contributed by atoms with Gasteiger partial charge in [0.25, 0.3) is 5.91 Å². The van der Waals surface area contributed by atoms with E-state index in [0.29, 0.717) is 5.52 Å². The van der Waals surface area contributed by atoms with Crippen molar-refractivity contribution < 1.29 is 14.3 Å². The van der Waals surface area contributed by atoms with Crippen LogP contribution < -0.4 is 10.7 Å². The van der Waals surface area contributed by atoms with E-state index in [1.165, 1.54) is 13.1 Å². The Morgan fingerprint density at radius 1 is 1.24 bits per heavy atom. The first-order chi connectivity index (χ1) is 11.8. The number of nitrogens with zero attached hydrogens (tertiary/aromatic N) is 3. The number of rotatable bonds is 4. The minimum absolute atomic E-state index is 0.464. The summed E-state index contributed by atoms with van der Waals surface area (Å²) in [6, 6.07) is 4.69. The van der Waals surface area contributed by atoms with Crippen molar-refractivity contribution >= 4 is 29.2 Å². The number of para-hydroxylation sites is 1. The molecule has 0 spiro atoms. The summed E-state index contributed by atoms with van der Waals surface area (Å²) in [7, 11) is 0. The molecule has 8 heteroatoms. The normalized spacial score (nSPS) is 12.8. The van der Waals surface area contributed by atoms with Crippen LogP contribution in [-0.2, 0) is 9.53 Å². The highest BCUT2D eigenvalue weighted by atomic mass is 16.6. The van der Waals surface area contributed by atoms with Gasteiger partial charge in [0.1, 0.15) is 11.6 Å². The first-order valence-corrected chi connectivity index (χ1v) is 7.78. The molecule has 0 unspecified atom stereocenters. The van der Waals surface area contributed by atoms with Gasteiger partial charge in [-0.1, -0.05) is 12.1 Å². The third kappa shape index (κ3) is 5.52. The molecule has 0 fully saturated rings. The quantitative estimate of drug-likeness (QED) is 0.652. The molecular formula is C17H21N5O3. The summed E-state index contributed by atoms with van der Waals surface area (Å²) < 4.78 is 5.10. The smallest absolute Gasteiger partial charge is 0.408 e. The lowest BCUT2D eigenvalue weighted by Crippen LogP contribution is -2.45. The van der Waals surface area contributed by atoms with Crippen molar-refractivity contribution in [2.45, 2.75) is 39.3 Å². The molecule has 0 aliphatic heterocycles. The van der Waals surface area contributed by atoms with Gasteiger partial charge in [0.05, 0.1) is 17.2 Å². The number of hydrogen-bond acceptors (Lipinski definition) is 6. The van der Waals surface area contributed by atoms with E-state index >= 15 is 0 Å². The van der Waals surface area contributed by atoms with Gasteiger partial charge < -0.3 is 10.1 Å². The maximum Gasteiger partial charge on any atom is 0.408 e. The number of alkyl carbamates (subject to hydrolysis) is 1. The van der Waals surface area contributed by atoms with Crippen LogP contribution in [0.2, 0.25) is 0 Å². The second-order valence-corrected chi connectivity index (χ2v) is 6.37. The van der Waals surface area contributed by atoms with Crippen LogP contribution >= 0.6 is 0 Å². The molecule has 2 N–H and O–H groups in total. The summed E-state index contributed by atoms with van der Waals surface area (Å²) in [6.07, 6.45) is 4.01. The second kappa shape index (κ2) is 7.69. The lowest BCUT2D eigenvalue weighted by atomic mass is 10.2. The van der Waals surface area contributed by atoms with Crippen LogP contribution in [0.15, 0.2) is 35.7 Å². The van der Waals surface area contributed by atoms with Gasteiger partial charge in [0.15, 0.2) is 0 Å². The fourth-order valence-electron chi connectivity index (χ4n) is 1.93. The van der Waals surface area contributed by atoms with Gasteiger partial charge in [-0.05, 0) is 33.8 Å². The van der Waals surface area contributed by atoms with Gasteiger partial charge in [-0.25, -0.2) is 10.2 Å². The molecule has 0 radical (unpaired) electrons. The van der Waals surface area contributed by atoms with Crippen molar-refractivity contribution in [2.75, 3.05) is 0 Å². The summed E-state index contributed by atoms with van der Waals surface area (Å²) in [5.41, 5.74) is 3.88. The summed E-state index contributed by atoms with van der Waals surface area (Å²) in [5.74, 6) is -0.464. The van der Waals surface area contributed by atoms with Gasteiger partial charge in [-0.2, -0.15) is 5.10 Å². The van der Waals surface area contributed by atoms with Crippen molar-refractivity contribution in [1.29, 1.82) is 0 Å². The highest BCUT2D eigenvalue weighted by Gasteiger charge is 2.20. The molecule has 2 rings (SSSR count). The highest BCUT2D eigenvalue weighted by Crippen LogP contribution is 2.11. The minimum Gasteiger partial charge on any atom is -0.444 e. The molecule has 132 valence electrons. The number of amides is 2. The zero-order valence-electron chi connectivity index (χ0n) is 14.6. The van der Waals surface area contributed by atoms with E-state index < -0.39 is 23.6 Å². The van der Waals surface area contributed by atoms with Gasteiger partial charge in [-0.3, -0.25) is 14.8 Å². The molecule has 0 saturated heterocycles. The van der Waals surface area contributed by atoms with Crippen molar-refractivity contribution in [2.24, 2.45) is 5.10 Å². The van der Waals surface area contributed by atoms with E-state index in [1.807, 2.05) is 18.2 Å². The van der Waals surface area contributed by atoms with E-state index in [2.05, 4.69) is 25.8 Å². The summed E-state index contributed by atoms with van der Waals surface area (Å²) in [5, 5.41) is 6.36. The molecule has 2 aromatic rings. The highest BCUT2D eigenvalue weighted by molar-refractivity contribution is 5.96. The maximum atomic E-state index is 12.0. The van der Waals surface area contributed by atoms with E-state index in [-0.39, 0.29) is 0 Å². The van der Waals surface area contributed by atoms with Crippen LogP contribution in [0.3, 0.4) is 0 Å². The maximum absolute atomic E-state index is 12.0. The Bertz CT molecular complexity index is 793. The Labute approximate surface area is 145 Å². The Hall–Kier alpha value is -3.03. The van der Waals surface area contributed by atoms with Crippen LogP contribution in [0.25, 0.3) is 11.0 Å². The number of carbonyl (C=O) groups is 2. The Morgan fingerprint density at radius 3 is 2.68 bits per heavy atom. The average Bonchev–Trinajstić information content (AvgIpc) is 2.53. The van der Waals surface area contributed by atoms with Gasteiger partial charge in [0.2, 0.25) is 0 Å². The van der Waals surface area contributed by atoms with Gasteiger partial charge >= 0.3 is 6.09 Å². The zero-order chi connectivity index (χ0) is 18.4. The summed E-state index contributed by atoms with van der Waals surface area (Å²) in [4.78, 5) is 32.1. The van der Waals surface area contributed by atoms with Crippen LogP contribution in [0, 0.1) is 0 Å². The number of nitrogens with one attached hydrogen (secondary N) is 2. The number of ether oxygens (including phenoxy) is 1. The number of fused-ring (bicyclic) bond motifs is 1. The van der Waals surface area contributed by atoms with Gasteiger partial charge in [0, 0.05) is 18.0 Å². The van der Waals surface area contributed by atoms with E-state index in [1.54, 1.807) is 33.2 Å². The SMILES string of the molecule is C[C@H](NC(=O)OC(C)(C)C)C(=O)NN=Cc1cccc2nccnc12. The topological polar surface area (TPSA) is 106 Å². The van der Waals surface area contributed by atoms with E-state index in [4.69, 9.17) is 4.74 Å². The number of benzene rings is 1. The number of carbonyl (C=O) groups excluding carboxylic acids is 2. The Kier molecular flexibility index (Phi) is 5.63. The predicted molar refractivity (Wildman–Crippen MR) is 94.1 cm³/mol. The fourth-order valence-corrected chi connectivity index (χ4v) is 1.93. The second-order valence-electron chi connectivity index (χ2n) is 6.37. The summed E-state index contributed by atoms with van der Waals surface area (Å²) in [6.45, 7) is 6.77. The first kappa shape index (κ1) is 18.3. The van der Waals surface area contributed by atoms with Crippen LogP contribution in [0.5, 0.6) is 0 Å². The molecule has 1 atom stereocenters. The third-order valence-corrected chi connectivity index (χ3v) is 3.03. The molecule has 0 saturated carbocycles. The average molecular weight is 343 g/mol. The number of hydrogen-bond donors (Lipinski definition) is 2. The Balaban J connectivity index is 1.94. The summed E-state index contributed by atoms with van der Waals surface area (Å²) >= 11 is 0. The minimum atomic E-state index is -0.792. The monoisotopic (exact) mass is 343 g/mol. The van der Waals surface area contributed by atoms with Crippen molar-refractivity contribution in [3.8, 4) is 0 Å². The van der Waals surface area contributed by atoms with E-state index in [9.17, 15) is 9.59 Å². The molecule has 1 aromatic carbocycles. The molecule has 1 aromatic heterocycles. The molecule has 0 aliphatic rings. The molecule has 8 nitrogen and oxygen atoms in total. The predicted octanol–water partition coefficient (Wildman–Crippen LogP) is 1.99. The van der Waals surface area contributed by atoms with Crippen LogP contribution in [0.1, 0.15) is 33.3 Å². The lowest BCUT2D eigenvalue weighted by molar-refractivity contribution is -0.122. The Morgan fingerprint density at radius 2 is 1.96 bits per heavy atom. The molecule has 1 heterocycles. The molecule has 2 amide bonds. The molecule has 0 aliphatic carbocycles. The number of aromatic nitrogens is 2. The lowest BCUT2D eigenvalue weighted by Gasteiger charge is -2.21. The number of hydrazone groups is 1. The van der Waals surface area contributed by atoms with E-state index in [0.717, 1.165) is 11.1 Å². The van der Waals surface area contributed by atoms with Crippen molar-refractivity contribution in [3.05, 3.63) is 36.2 Å². The van der Waals surface area contributed by atoms with Crippen LogP contribution in [-0.4, -0.2) is 39.8 Å². The molecule has 0 bridgehead atoms. The molecule has 25 heavy (non-hydrogen) atoms. The molecular weight excluding hydrogens is 322 g/mol. The zero-order valence-corrected chi connectivity index (χ0v) is 14.6. The van der Waals surface area contributed by atoms with Crippen molar-refractivity contribution in [3.63, 3.8) is 0 Å². The largest absolute Gasteiger partial charge is 0.444 e. The third-order valence-electron chi connectivity index (χ3n) is 3.03. The standard InChI is InChI=1S/C17H21N5O3/c1-11(21-16(24)25-17(2,3)4)15(23)22-20-10-12-6-5-7-13-14(12)19-9-8-18-13/h5-11H,1-4H3,(H,21,24)(H,22,23)/t11-/m0/s1. The van der Waals surface area contributed by atoms with Crippen molar-refractivity contribution in [1.82, 2.24) is 20.7 Å². The first-order valence-electron chi connectivity index (χ1n) is 7.78. The van der Waals surface area contributed by atoms with Gasteiger partial charge in [-0.15, -0.1) is 0 Å². The van der Waals surface area contributed by atoms with Crippen LogP contribution in [0.4, 0.5) is 4.79 Å².